The molecule has 19 heavy (non-hydrogen) atoms. The first-order chi connectivity index (χ1) is 9.06. The lowest BCUT2D eigenvalue weighted by molar-refractivity contribution is 0.203. The van der Waals surface area contributed by atoms with Crippen LogP contribution in [0.4, 0.5) is 5.82 Å². The first-order valence-electron chi connectivity index (χ1n) is 7.12. The molecule has 108 valence electrons. The number of nitrogens with one attached hydrogen (secondary N) is 1. The highest BCUT2D eigenvalue weighted by molar-refractivity contribution is 5.33. The second kappa shape index (κ2) is 8.07. The van der Waals surface area contributed by atoms with Gasteiger partial charge in [0.15, 0.2) is 0 Å². The minimum Gasteiger partial charge on any atom is -0.308 e. The standard InChI is InChI=1S/C14H27N5/c1-5-6-7-8-19(11(2)3)10-14-16-12(4)9-13(17-14)18-15/h9,11H,5-8,10,15H2,1-4H3,(H,16,17,18). The van der Waals surface area contributed by atoms with E-state index in [-0.39, 0.29) is 0 Å². The zero-order chi connectivity index (χ0) is 14.3. The fraction of sp³-hybridized carbons (Fsp3) is 0.714. The summed E-state index contributed by atoms with van der Waals surface area (Å²) in [6, 6.07) is 2.34. The molecule has 0 amide bonds. The number of aromatic nitrogens is 2. The second-order valence-electron chi connectivity index (χ2n) is 5.23. The van der Waals surface area contributed by atoms with Gasteiger partial charge in [0.1, 0.15) is 11.6 Å². The van der Waals surface area contributed by atoms with Crippen molar-refractivity contribution in [1.82, 2.24) is 14.9 Å². The van der Waals surface area contributed by atoms with Crippen LogP contribution < -0.4 is 11.3 Å². The van der Waals surface area contributed by atoms with Crippen molar-refractivity contribution in [2.24, 2.45) is 5.84 Å². The maximum Gasteiger partial charge on any atom is 0.145 e. The predicted octanol–water partition coefficient (Wildman–Crippen LogP) is 2.47. The highest BCUT2D eigenvalue weighted by Gasteiger charge is 2.12. The summed E-state index contributed by atoms with van der Waals surface area (Å²) in [4.78, 5) is 11.3. The van der Waals surface area contributed by atoms with E-state index in [4.69, 9.17) is 5.84 Å². The molecule has 3 N–H and O–H groups in total. The largest absolute Gasteiger partial charge is 0.308 e. The number of nitrogen functional groups attached to an aromatic ring is 1. The molecule has 1 aromatic heterocycles. The van der Waals surface area contributed by atoms with Crippen molar-refractivity contribution >= 4 is 5.82 Å². The SMILES string of the molecule is CCCCCN(Cc1nc(C)cc(NN)n1)C(C)C. The molecule has 0 fully saturated rings. The zero-order valence-electron chi connectivity index (χ0n) is 12.6. The number of aryl methyl sites for hydroxylation is 1. The van der Waals surface area contributed by atoms with Crippen LogP contribution in [0, 0.1) is 6.92 Å². The van der Waals surface area contributed by atoms with Crippen LogP contribution in [0.3, 0.4) is 0 Å². The third-order valence-electron chi connectivity index (χ3n) is 3.17. The molecule has 0 bridgehead atoms. The van der Waals surface area contributed by atoms with Crippen molar-refractivity contribution in [3.8, 4) is 0 Å². The molecule has 0 aliphatic rings. The smallest absolute Gasteiger partial charge is 0.145 e. The Hall–Kier alpha value is -1.20. The molecule has 1 aromatic rings. The predicted molar refractivity (Wildman–Crippen MR) is 79.7 cm³/mol. The fourth-order valence-electron chi connectivity index (χ4n) is 2.04. The van der Waals surface area contributed by atoms with Crippen molar-refractivity contribution in [3.05, 3.63) is 17.6 Å². The first kappa shape index (κ1) is 15.9. The van der Waals surface area contributed by atoms with Crippen LogP contribution >= 0.6 is 0 Å². The van der Waals surface area contributed by atoms with Gasteiger partial charge in [0.25, 0.3) is 0 Å². The topological polar surface area (TPSA) is 67.1 Å². The molecule has 0 saturated carbocycles. The summed E-state index contributed by atoms with van der Waals surface area (Å²) in [7, 11) is 0. The van der Waals surface area contributed by atoms with Gasteiger partial charge in [0, 0.05) is 17.8 Å². The summed E-state index contributed by atoms with van der Waals surface area (Å²) in [5.74, 6) is 6.93. The van der Waals surface area contributed by atoms with E-state index in [0.29, 0.717) is 11.9 Å². The maximum absolute atomic E-state index is 5.42. The summed E-state index contributed by atoms with van der Waals surface area (Å²) in [6.07, 6.45) is 3.74. The van der Waals surface area contributed by atoms with Crippen molar-refractivity contribution < 1.29 is 0 Å². The van der Waals surface area contributed by atoms with Gasteiger partial charge in [0.2, 0.25) is 0 Å². The van der Waals surface area contributed by atoms with Gasteiger partial charge in [-0.1, -0.05) is 19.8 Å². The third-order valence-corrected chi connectivity index (χ3v) is 3.17. The summed E-state index contributed by atoms with van der Waals surface area (Å²) in [5, 5.41) is 0. The highest BCUT2D eigenvalue weighted by Crippen LogP contribution is 2.10. The number of nitrogens with zero attached hydrogens (tertiary/aromatic N) is 3. The second-order valence-corrected chi connectivity index (χ2v) is 5.23. The van der Waals surface area contributed by atoms with E-state index in [9.17, 15) is 0 Å². The van der Waals surface area contributed by atoms with E-state index in [1.54, 1.807) is 0 Å². The van der Waals surface area contributed by atoms with E-state index in [2.05, 4.69) is 41.1 Å². The van der Waals surface area contributed by atoms with Crippen molar-refractivity contribution in [1.29, 1.82) is 0 Å². The van der Waals surface area contributed by atoms with Crippen LogP contribution in [0.1, 0.15) is 51.6 Å². The average Bonchev–Trinajstić information content (AvgIpc) is 2.37. The van der Waals surface area contributed by atoms with Gasteiger partial charge in [-0.3, -0.25) is 4.90 Å². The van der Waals surface area contributed by atoms with Gasteiger partial charge < -0.3 is 5.43 Å². The van der Waals surface area contributed by atoms with Crippen molar-refractivity contribution in [3.63, 3.8) is 0 Å². The Morgan fingerprint density at radius 2 is 2.05 bits per heavy atom. The molecule has 5 nitrogen and oxygen atoms in total. The fourth-order valence-corrected chi connectivity index (χ4v) is 2.04. The third kappa shape index (κ3) is 5.53. The number of unbranched alkanes of at least 4 members (excludes halogenated alkanes) is 2. The van der Waals surface area contributed by atoms with Gasteiger partial charge in [-0.2, -0.15) is 0 Å². The number of anilines is 1. The Morgan fingerprint density at radius 3 is 2.63 bits per heavy atom. The molecular weight excluding hydrogens is 238 g/mol. The van der Waals surface area contributed by atoms with Crippen LogP contribution in [0.15, 0.2) is 6.07 Å². The molecule has 0 aliphatic heterocycles. The normalized spacial score (nSPS) is 11.3. The molecule has 0 aliphatic carbocycles. The molecule has 0 aromatic carbocycles. The van der Waals surface area contributed by atoms with Crippen LogP contribution in [0.2, 0.25) is 0 Å². The number of nitrogens with two attached hydrogens (primary N) is 1. The van der Waals surface area contributed by atoms with E-state index in [0.717, 1.165) is 24.6 Å². The van der Waals surface area contributed by atoms with E-state index >= 15 is 0 Å². The average molecular weight is 265 g/mol. The Kier molecular flexibility index (Phi) is 6.73. The summed E-state index contributed by atoms with van der Waals surface area (Å²) < 4.78 is 0. The number of hydrogen-bond donors (Lipinski definition) is 2. The van der Waals surface area contributed by atoms with E-state index in [1.165, 1.54) is 19.3 Å². The van der Waals surface area contributed by atoms with Crippen LogP contribution in [-0.4, -0.2) is 27.5 Å². The molecule has 0 radical (unpaired) electrons. The molecule has 0 spiro atoms. The van der Waals surface area contributed by atoms with Gasteiger partial charge in [-0.05, 0) is 33.7 Å². The maximum atomic E-state index is 5.42. The van der Waals surface area contributed by atoms with Gasteiger partial charge in [-0.15, -0.1) is 0 Å². The molecular formula is C14H27N5. The lowest BCUT2D eigenvalue weighted by Gasteiger charge is -2.25. The van der Waals surface area contributed by atoms with Gasteiger partial charge >= 0.3 is 0 Å². The molecule has 1 heterocycles. The Labute approximate surface area is 116 Å². The molecule has 1 rings (SSSR count). The molecule has 0 saturated heterocycles. The number of hydrogen-bond acceptors (Lipinski definition) is 5. The van der Waals surface area contributed by atoms with Gasteiger partial charge in [-0.25, -0.2) is 15.8 Å². The Bertz CT molecular complexity index is 378. The molecule has 0 unspecified atom stereocenters. The van der Waals surface area contributed by atoms with Crippen molar-refractivity contribution in [2.75, 3.05) is 12.0 Å². The van der Waals surface area contributed by atoms with E-state index < -0.39 is 0 Å². The number of rotatable bonds is 8. The summed E-state index contributed by atoms with van der Waals surface area (Å²) >= 11 is 0. The van der Waals surface area contributed by atoms with Crippen LogP contribution in [-0.2, 0) is 6.54 Å². The lowest BCUT2D eigenvalue weighted by atomic mass is 10.2. The minimum absolute atomic E-state index is 0.496. The first-order valence-corrected chi connectivity index (χ1v) is 7.12. The Balaban J connectivity index is 2.69. The van der Waals surface area contributed by atoms with Crippen LogP contribution in [0.5, 0.6) is 0 Å². The highest BCUT2D eigenvalue weighted by atomic mass is 15.3. The van der Waals surface area contributed by atoms with Gasteiger partial charge in [0.05, 0.1) is 6.54 Å². The summed E-state index contributed by atoms with van der Waals surface area (Å²) in [6.45, 7) is 10.5. The van der Waals surface area contributed by atoms with E-state index in [1.807, 2.05) is 13.0 Å². The monoisotopic (exact) mass is 265 g/mol. The minimum atomic E-state index is 0.496. The quantitative estimate of drug-likeness (QED) is 0.429. The summed E-state index contributed by atoms with van der Waals surface area (Å²) in [5.41, 5.74) is 3.53. The molecule has 5 heteroatoms. The van der Waals surface area contributed by atoms with Crippen molar-refractivity contribution in [2.45, 2.75) is 59.5 Å². The zero-order valence-corrected chi connectivity index (χ0v) is 12.6. The lowest BCUT2D eigenvalue weighted by Crippen LogP contribution is -2.32. The Morgan fingerprint density at radius 1 is 1.32 bits per heavy atom. The van der Waals surface area contributed by atoms with Crippen LogP contribution in [0.25, 0.3) is 0 Å². The number of hydrazine groups is 1. The molecule has 0 atom stereocenters.